The van der Waals surface area contributed by atoms with Crippen LogP contribution in [0.4, 0.5) is 18.0 Å². The molecule has 0 bridgehead atoms. The Morgan fingerprint density at radius 3 is 2.38 bits per heavy atom. The molecular formula is C21H19F3N2O5S. The Bertz CT molecular complexity index is 1030. The number of methoxy groups -OCH3 is 1. The molecule has 1 fully saturated rings. The molecule has 2 atom stereocenters. The first-order valence-corrected chi connectivity index (χ1v) is 10.3. The number of carbonyl (C=O) groups excluding carboxylic acids is 3. The Kier molecular flexibility index (Phi) is 7.09. The van der Waals surface area contributed by atoms with E-state index in [1.807, 2.05) is 0 Å². The number of halogens is 3. The van der Waals surface area contributed by atoms with E-state index in [-0.39, 0.29) is 23.6 Å². The molecule has 0 aliphatic carbocycles. The normalized spacial score (nSPS) is 17.1. The summed E-state index contributed by atoms with van der Waals surface area (Å²) < 4.78 is 50.6. The van der Waals surface area contributed by atoms with Gasteiger partial charge >= 0.3 is 12.1 Å². The van der Waals surface area contributed by atoms with Crippen LogP contribution in [0.3, 0.4) is 0 Å². The van der Waals surface area contributed by atoms with Gasteiger partial charge in [-0.05, 0) is 48.2 Å². The number of nitrogens with one attached hydrogen (secondary N) is 1. The molecule has 3 N–H and O–H groups in total. The molecule has 2 aromatic rings. The molecule has 170 valence electrons. The SMILES string of the molecule is COC(=O)C(N)Cc1ccc(Oc2ccc(CC3SC(=O)NC3=O)cc2)cc1C(F)(F)F. The number of rotatable bonds is 7. The second-order valence-corrected chi connectivity index (χ2v) is 8.16. The van der Waals surface area contributed by atoms with Crippen molar-refractivity contribution in [2.45, 2.75) is 30.3 Å². The number of hydrogen-bond donors (Lipinski definition) is 2. The molecule has 2 aromatic carbocycles. The zero-order valence-corrected chi connectivity index (χ0v) is 17.6. The number of alkyl halides is 3. The van der Waals surface area contributed by atoms with E-state index >= 15 is 0 Å². The Morgan fingerprint density at radius 1 is 1.16 bits per heavy atom. The Balaban J connectivity index is 1.73. The maximum Gasteiger partial charge on any atom is 0.416 e. The number of carbonyl (C=O) groups is 3. The third-order valence-electron chi connectivity index (χ3n) is 4.68. The molecule has 0 spiro atoms. The summed E-state index contributed by atoms with van der Waals surface area (Å²) in [5.74, 6) is -0.916. The van der Waals surface area contributed by atoms with E-state index in [0.717, 1.165) is 30.5 Å². The van der Waals surface area contributed by atoms with Crippen molar-refractivity contribution in [3.8, 4) is 11.5 Å². The van der Waals surface area contributed by atoms with Gasteiger partial charge in [0, 0.05) is 0 Å². The molecule has 0 radical (unpaired) electrons. The number of hydrogen-bond acceptors (Lipinski definition) is 7. The van der Waals surface area contributed by atoms with Gasteiger partial charge in [0.25, 0.3) is 5.24 Å². The van der Waals surface area contributed by atoms with Crippen LogP contribution in [0.25, 0.3) is 0 Å². The fourth-order valence-corrected chi connectivity index (χ4v) is 3.96. The molecule has 1 heterocycles. The summed E-state index contributed by atoms with van der Waals surface area (Å²) in [5, 5.41) is 1.30. The van der Waals surface area contributed by atoms with Crippen LogP contribution in [0.5, 0.6) is 11.5 Å². The topological polar surface area (TPSA) is 108 Å². The van der Waals surface area contributed by atoms with Crippen molar-refractivity contribution in [1.82, 2.24) is 5.32 Å². The minimum absolute atomic E-state index is 0.0446. The van der Waals surface area contributed by atoms with Crippen LogP contribution in [0.2, 0.25) is 0 Å². The fraction of sp³-hybridized carbons (Fsp3) is 0.286. The van der Waals surface area contributed by atoms with E-state index in [0.29, 0.717) is 12.2 Å². The lowest BCUT2D eigenvalue weighted by atomic mass is 9.99. The number of ether oxygens (including phenoxy) is 2. The van der Waals surface area contributed by atoms with E-state index in [9.17, 15) is 27.6 Å². The van der Waals surface area contributed by atoms with Crippen LogP contribution < -0.4 is 15.8 Å². The van der Waals surface area contributed by atoms with Crippen molar-refractivity contribution in [1.29, 1.82) is 0 Å². The van der Waals surface area contributed by atoms with E-state index in [2.05, 4.69) is 10.1 Å². The zero-order chi connectivity index (χ0) is 23.5. The summed E-state index contributed by atoms with van der Waals surface area (Å²) in [5.41, 5.74) is 5.26. The van der Waals surface area contributed by atoms with E-state index < -0.39 is 34.2 Å². The lowest BCUT2D eigenvalue weighted by Gasteiger charge is -2.17. The predicted octanol–water partition coefficient (Wildman–Crippen LogP) is 3.43. The average molecular weight is 468 g/mol. The van der Waals surface area contributed by atoms with Crippen molar-refractivity contribution in [2.24, 2.45) is 5.73 Å². The molecular weight excluding hydrogens is 449 g/mol. The van der Waals surface area contributed by atoms with Crippen LogP contribution in [0.15, 0.2) is 42.5 Å². The van der Waals surface area contributed by atoms with E-state index in [1.54, 1.807) is 24.3 Å². The molecule has 11 heteroatoms. The highest BCUT2D eigenvalue weighted by Crippen LogP contribution is 2.36. The van der Waals surface area contributed by atoms with Crippen molar-refractivity contribution < 1.29 is 37.0 Å². The van der Waals surface area contributed by atoms with Crippen LogP contribution in [0, 0.1) is 0 Å². The van der Waals surface area contributed by atoms with Crippen molar-refractivity contribution in [3.05, 3.63) is 59.2 Å². The highest BCUT2D eigenvalue weighted by molar-refractivity contribution is 8.15. The van der Waals surface area contributed by atoms with Crippen LogP contribution in [0.1, 0.15) is 16.7 Å². The number of benzene rings is 2. The Morgan fingerprint density at radius 2 is 1.81 bits per heavy atom. The predicted molar refractivity (Wildman–Crippen MR) is 110 cm³/mol. The van der Waals surface area contributed by atoms with Gasteiger partial charge in [-0.25, -0.2) is 0 Å². The van der Waals surface area contributed by atoms with Gasteiger partial charge in [-0.1, -0.05) is 30.0 Å². The molecule has 3 rings (SSSR count). The monoisotopic (exact) mass is 468 g/mol. The second-order valence-electron chi connectivity index (χ2n) is 6.98. The quantitative estimate of drug-likeness (QED) is 0.600. The maximum atomic E-state index is 13.5. The first kappa shape index (κ1) is 23.6. The molecule has 32 heavy (non-hydrogen) atoms. The number of esters is 1. The molecule has 1 saturated heterocycles. The van der Waals surface area contributed by atoms with Gasteiger partial charge in [0.15, 0.2) is 0 Å². The molecule has 7 nitrogen and oxygen atoms in total. The summed E-state index contributed by atoms with van der Waals surface area (Å²) >= 11 is 0.913. The van der Waals surface area contributed by atoms with E-state index in [4.69, 9.17) is 10.5 Å². The molecule has 2 unspecified atom stereocenters. The standard InChI is InChI=1S/C21H19F3N2O5S/c1-30-19(28)16(25)9-12-4-7-14(10-15(12)21(22,23)24)31-13-5-2-11(3-6-13)8-17-18(27)26-20(29)32-17/h2-7,10,16-17H,8-9,25H2,1H3,(H,26,27,29). The van der Waals surface area contributed by atoms with Crippen molar-refractivity contribution in [2.75, 3.05) is 7.11 Å². The lowest BCUT2D eigenvalue weighted by Crippen LogP contribution is -2.34. The summed E-state index contributed by atoms with van der Waals surface area (Å²) in [6, 6.07) is 8.64. The third kappa shape index (κ3) is 5.80. The number of amides is 2. The van der Waals surface area contributed by atoms with Crippen molar-refractivity contribution in [3.63, 3.8) is 0 Å². The highest BCUT2D eigenvalue weighted by Gasteiger charge is 2.35. The molecule has 0 aromatic heterocycles. The minimum Gasteiger partial charge on any atom is -0.468 e. The number of nitrogens with two attached hydrogens (primary N) is 1. The zero-order valence-electron chi connectivity index (χ0n) is 16.8. The maximum absolute atomic E-state index is 13.5. The first-order valence-electron chi connectivity index (χ1n) is 9.38. The smallest absolute Gasteiger partial charge is 0.416 e. The summed E-state index contributed by atoms with van der Waals surface area (Å²) in [4.78, 5) is 34.4. The van der Waals surface area contributed by atoms with Gasteiger partial charge in [0.05, 0.1) is 17.9 Å². The Hall–Kier alpha value is -3.05. The molecule has 2 amide bonds. The van der Waals surface area contributed by atoms with Gasteiger partial charge in [-0.2, -0.15) is 13.2 Å². The van der Waals surface area contributed by atoms with Gasteiger partial charge in [0.2, 0.25) is 5.91 Å². The van der Waals surface area contributed by atoms with Gasteiger partial charge in [-0.3, -0.25) is 19.7 Å². The molecule has 0 saturated carbocycles. The van der Waals surface area contributed by atoms with Gasteiger partial charge < -0.3 is 15.2 Å². The molecule has 1 aliphatic rings. The van der Waals surface area contributed by atoms with Gasteiger partial charge in [0.1, 0.15) is 17.5 Å². The summed E-state index contributed by atoms with van der Waals surface area (Å²) in [7, 11) is 1.11. The van der Waals surface area contributed by atoms with Gasteiger partial charge in [-0.15, -0.1) is 0 Å². The molecule has 1 aliphatic heterocycles. The Labute approximate surface area is 185 Å². The van der Waals surface area contributed by atoms with Crippen LogP contribution >= 0.6 is 11.8 Å². The largest absolute Gasteiger partial charge is 0.468 e. The minimum atomic E-state index is -4.68. The third-order valence-corrected chi connectivity index (χ3v) is 5.66. The highest BCUT2D eigenvalue weighted by atomic mass is 32.2. The summed E-state index contributed by atoms with van der Waals surface area (Å²) in [6.45, 7) is 0. The van der Waals surface area contributed by atoms with Crippen LogP contribution in [-0.4, -0.2) is 35.5 Å². The summed E-state index contributed by atoms with van der Waals surface area (Å²) in [6.07, 6.45) is -4.69. The van der Waals surface area contributed by atoms with Crippen molar-refractivity contribution >= 4 is 28.9 Å². The lowest BCUT2D eigenvalue weighted by molar-refractivity contribution is -0.143. The first-order chi connectivity index (χ1) is 15.1. The van der Waals surface area contributed by atoms with E-state index in [1.165, 1.54) is 12.1 Å². The second kappa shape index (κ2) is 9.61. The van der Waals surface area contributed by atoms with Crippen LogP contribution in [-0.2, 0) is 33.3 Å². The average Bonchev–Trinajstić information content (AvgIpc) is 3.05. The number of imide groups is 1. The fourth-order valence-electron chi connectivity index (χ4n) is 3.10. The number of thioether (sulfide) groups is 1.